The summed E-state index contributed by atoms with van der Waals surface area (Å²) in [5.41, 5.74) is 3.87. The van der Waals surface area contributed by atoms with Crippen LogP contribution < -0.4 is 14.4 Å². The highest BCUT2D eigenvalue weighted by Gasteiger charge is 2.22. The van der Waals surface area contributed by atoms with E-state index in [2.05, 4.69) is 23.2 Å². The van der Waals surface area contributed by atoms with Gasteiger partial charge in [-0.3, -0.25) is 4.98 Å². The molecule has 110 valence electrons. The maximum Gasteiger partial charge on any atom is 0.161 e. The fourth-order valence-electron chi connectivity index (χ4n) is 2.94. The van der Waals surface area contributed by atoms with Crippen LogP contribution >= 0.6 is 0 Å². The quantitative estimate of drug-likeness (QED) is 0.918. The standard InChI is InChI=1S/C17H20N2O2/c1-20-16-9-13-6-8-19(11-14(13)10-17(16)21-2)12-15-5-3-4-7-18-15/h3-5,7,9-10H,6,8,11-12H2,1-2H3/p+1. The molecule has 2 aromatic rings. The molecule has 0 aliphatic carbocycles. The third-order valence-electron chi connectivity index (χ3n) is 4.05. The van der Waals surface area contributed by atoms with E-state index >= 15 is 0 Å². The average molecular weight is 285 g/mol. The molecule has 2 heterocycles. The summed E-state index contributed by atoms with van der Waals surface area (Å²) in [4.78, 5) is 5.96. The third-order valence-corrected chi connectivity index (χ3v) is 4.05. The lowest BCUT2D eigenvalue weighted by atomic mass is 9.98. The monoisotopic (exact) mass is 285 g/mol. The van der Waals surface area contributed by atoms with Crippen molar-refractivity contribution < 1.29 is 14.4 Å². The van der Waals surface area contributed by atoms with Crippen LogP contribution in [0, 0.1) is 0 Å². The minimum absolute atomic E-state index is 0.815. The second-order valence-electron chi connectivity index (χ2n) is 5.40. The van der Waals surface area contributed by atoms with Crippen molar-refractivity contribution in [1.29, 1.82) is 0 Å². The molecule has 0 fully saturated rings. The Labute approximate surface area is 125 Å². The number of pyridine rings is 1. The Morgan fingerprint density at radius 2 is 1.86 bits per heavy atom. The van der Waals surface area contributed by atoms with Crippen LogP contribution in [0.3, 0.4) is 0 Å². The SMILES string of the molecule is COc1cc2c(cc1OC)C[NH+](Cc1ccccn1)CC2. The molecule has 4 heteroatoms. The topological polar surface area (TPSA) is 35.8 Å². The predicted molar refractivity (Wildman–Crippen MR) is 80.7 cm³/mol. The normalized spacial score (nSPS) is 17.1. The van der Waals surface area contributed by atoms with Crippen LogP contribution in [0.5, 0.6) is 11.5 Å². The molecule has 1 aliphatic heterocycles. The Morgan fingerprint density at radius 3 is 2.52 bits per heavy atom. The second kappa shape index (κ2) is 6.14. The smallest absolute Gasteiger partial charge is 0.161 e. The van der Waals surface area contributed by atoms with Gasteiger partial charge in [-0.1, -0.05) is 6.07 Å². The lowest BCUT2D eigenvalue weighted by molar-refractivity contribution is -0.929. The fourth-order valence-corrected chi connectivity index (χ4v) is 2.94. The van der Waals surface area contributed by atoms with Crippen molar-refractivity contribution in [2.24, 2.45) is 0 Å². The molecule has 21 heavy (non-hydrogen) atoms. The molecule has 1 aromatic carbocycles. The number of benzene rings is 1. The first-order valence-corrected chi connectivity index (χ1v) is 7.27. The number of hydrogen-bond acceptors (Lipinski definition) is 3. The van der Waals surface area contributed by atoms with Crippen LogP contribution in [0.25, 0.3) is 0 Å². The summed E-state index contributed by atoms with van der Waals surface area (Å²) in [5.74, 6) is 1.64. The summed E-state index contributed by atoms with van der Waals surface area (Å²) in [6.07, 6.45) is 2.93. The molecule has 1 aliphatic rings. The zero-order valence-corrected chi connectivity index (χ0v) is 12.6. The molecule has 0 spiro atoms. The molecular weight excluding hydrogens is 264 g/mol. The molecule has 1 unspecified atom stereocenters. The van der Waals surface area contributed by atoms with E-state index in [0.29, 0.717) is 0 Å². The van der Waals surface area contributed by atoms with Gasteiger partial charge in [0.05, 0.1) is 26.5 Å². The number of hydrogen-bond donors (Lipinski definition) is 1. The molecular formula is C17H21N2O2+. The van der Waals surface area contributed by atoms with Gasteiger partial charge < -0.3 is 14.4 Å². The van der Waals surface area contributed by atoms with Gasteiger partial charge in [0, 0.05) is 18.2 Å². The molecule has 1 aromatic heterocycles. The van der Waals surface area contributed by atoms with Gasteiger partial charge in [-0.15, -0.1) is 0 Å². The fraction of sp³-hybridized carbons (Fsp3) is 0.353. The van der Waals surface area contributed by atoms with E-state index < -0.39 is 0 Å². The Morgan fingerprint density at radius 1 is 1.10 bits per heavy atom. The molecule has 0 bridgehead atoms. The van der Waals surface area contributed by atoms with E-state index in [4.69, 9.17) is 9.47 Å². The number of nitrogens with one attached hydrogen (secondary N) is 1. The van der Waals surface area contributed by atoms with Crippen LogP contribution in [-0.4, -0.2) is 25.7 Å². The zero-order chi connectivity index (χ0) is 14.7. The van der Waals surface area contributed by atoms with Crippen molar-refractivity contribution >= 4 is 0 Å². The first-order chi connectivity index (χ1) is 10.3. The molecule has 0 saturated carbocycles. The van der Waals surface area contributed by atoms with Crippen LogP contribution in [0.2, 0.25) is 0 Å². The number of aromatic nitrogens is 1. The van der Waals surface area contributed by atoms with Crippen LogP contribution in [0.4, 0.5) is 0 Å². The summed E-state index contributed by atoms with van der Waals surface area (Å²) in [5, 5.41) is 0. The molecule has 4 nitrogen and oxygen atoms in total. The Balaban J connectivity index is 1.78. The van der Waals surface area contributed by atoms with Crippen LogP contribution in [0.1, 0.15) is 16.8 Å². The summed E-state index contributed by atoms with van der Waals surface area (Å²) in [7, 11) is 3.37. The predicted octanol–water partition coefficient (Wildman–Crippen LogP) is 1.24. The number of nitrogens with zero attached hydrogens (tertiary/aromatic N) is 1. The first kappa shape index (κ1) is 13.9. The maximum absolute atomic E-state index is 5.41. The van der Waals surface area contributed by atoms with E-state index in [1.54, 1.807) is 14.2 Å². The summed E-state index contributed by atoms with van der Waals surface area (Å²) in [6, 6.07) is 10.3. The van der Waals surface area contributed by atoms with Crippen molar-refractivity contribution in [1.82, 2.24) is 4.98 Å². The largest absolute Gasteiger partial charge is 0.493 e. The van der Waals surface area contributed by atoms with E-state index in [0.717, 1.165) is 43.2 Å². The van der Waals surface area contributed by atoms with Gasteiger partial charge in [0.1, 0.15) is 13.1 Å². The molecule has 3 rings (SSSR count). The lowest BCUT2D eigenvalue weighted by Gasteiger charge is -2.26. The van der Waals surface area contributed by atoms with E-state index in [1.807, 2.05) is 18.3 Å². The summed E-state index contributed by atoms with van der Waals surface area (Å²) in [6.45, 7) is 3.10. The van der Waals surface area contributed by atoms with Crippen LogP contribution in [-0.2, 0) is 19.5 Å². The minimum Gasteiger partial charge on any atom is -0.493 e. The molecule has 1 atom stereocenters. The van der Waals surface area contributed by atoms with Crippen molar-refractivity contribution in [2.75, 3.05) is 20.8 Å². The zero-order valence-electron chi connectivity index (χ0n) is 12.6. The molecule has 0 saturated heterocycles. The summed E-state index contributed by atoms with van der Waals surface area (Å²) < 4.78 is 10.8. The molecule has 0 amide bonds. The maximum atomic E-state index is 5.41. The minimum atomic E-state index is 0.815. The van der Waals surface area contributed by atoms with Crippen molar-refractivity contribution in [3.8, 4) is 11.5 Å². The van der Waals surface area contributed by atoms with Gasteiger partial charge in [0.15, 0.2) is 11.5 Å². The Hall–Kier alpha value is -2.07. The van der Waals surface area contributed by atoms with Crippen molar-refractivity contribution in [2.45, 2.75) is 19.5 Å². The van der Waals surface area contributed by atoms with Gasteiger partial charge in [-0.25, -0.2) is 0 Å². The molecule has 0 radical (unpaired) electrons. The van der Waals surface area contributed by atoms with Crippen LogP contribution in [0.15, 0.2) is 36.5 Å². The van der Waals surface area contributed by atoms with Gasteiger partial charge in [0.2, 0.25) is 0 Å². The van der Waals surface area contributed by atoms with E-state index in [-0.39, 0.29) is 0 Å². The third kappa shape index (κ3) is 3.00. The highest BCUT2D eigenvalue weighted by atomic mass is 16.5. The summed E-state index contributed by atoms with van der Waals surface area (Å²) >= 11 is 0. The number of quaternary nitrogens is 1. The average Bonchev–Trinajstić information content (AvgIpc) is 2.54. The number of rotatable bonds is 4. The Bertz CT molecular complexity index is 614. The highest BCUT2D eigenvalue weighted by molar-refractivity contribution is 5.47. The van der Waals surface area contributed by atoms with Gasteiger partial charge in [-0.2, -0.15) is 0 Å². The Kier molecular flexibility index (Phi) is 4.06. The highest BCUT2D eigenvalue weighted by Crippen LogP contribution is 2.31. The van der Waals surface area contributed by atoms with E-state index in [9.17, 15) is 0 Å². The van der Waals surface area contributed by atoms with E-state index in [1.165, 1.54) is 16.0 Å². The number of ether oxygens (including phenoxy) is 2. The second-order valence-corrected chi connectivity index (χ2v) is 5.40. The van der Waals surface area contributed by atoms with Gasteiger partial charge in [0.25, 0.3) is 0 Å². The van der Waals surface area contributed by atoms with Crippen molar-refractivity contribution in [3.05, 3.63) is 53.3 Å². The molecule has 1 N–H and O–H groups in total. The van der Waals surface area contributed by atoms with Crippen molar-refractivity contribution in [3.63, 3.8) is 0 Å². The first-order valence-electron chi connectivity index (χ1n) is 7.27. The van der Waals surface area contributed by atoms with Gasteiger partial charge in [-0.05, 0) is 29.8 Å². The number of fused-ring (bicyclic) bond motifs is 1. The lowest BCUT2D eigenvalue weighted by Crippen LogP contribution is -3.10. The number of methoxy groups -OCH3 is 2. The van der Waals surface area contributed by atoms with Gasteiger partial charge >= 0.3 is 0 Å².